The number of ether oxygens (including phenoxy) is 1. The number of hydrogen-bond acceptors (Lipinski definition) is 2. The first-order valence-corrected chi connectivity index (χ1v) is 6.91. The molecule has 0 unspecified atom stereocenters. The number of carbonyl (C=O) groups excluding carboxylic acids is 1. The highest BCUT2D eigenvalue weighted by Crippen LogP contribution is 2.12. The van der Waals surface area contributed by atoms with E-state index in [1.165, 1.54) is 5.56 Å². The number of rotatable bonds is 4. The topological polar surface area (TPSA) is 41.6 Å². The zero-order valence-electron chi connectivity index (χ0n) is 11.5. The number of carbonyl (C=O) groups is 1. The second-order valence-corrected chi connectivity index (χ2v) is 4.83. The number of amides is 2. The minimum absolute atomic E-state index is 0.0977. The van der Waals surface area contributed by atoms with E-state index in [1.54, 1.807) is 4.90 Å². The van der Waals surface area contributed by atoms with Crippen molar-refractivity contribution in [2.45, 2.75) is 18.9 Å². The molecule has 106 valence electrons. The van der Waals surface area contributed by atoms with Crippen LogP contribution in [0.2, 0.25) is 0 Å². The third kappa shape index (κ3) is 4.29. The molecule has 0 bridgehead atoms. The summed E-state index contributed by atoms with van der Waals surface area (Å²) in [6.45, 7) is 2.11. The Balaban J connectivity index is 1.78. The lowest BCUT2D eigenvalue weighted by molar-refractivity contribution is -0.0174. The van der Waals surface area contributed by atoms with E-state index in [-0.39, 0.29) is 18.7 Å². The minimum Gasteiger partial charge on any atom is -0.375 e. The third-order valence-electron chi connectivity index (χ3n) is 3.37. The van der Waals surface area contributed by atoms with E-state index in [2.05, 4.69) is 23.4 Å². The number of nitrogens with zero attached hydrogens (tertiary/aromatic N) is 1. The molecular formula is C16H20N2O2. The molecule has 1 heterocycles. The van der Waals surface area contributed by atoms with Gasteiger partial charge in [-0.05, 0) is 18.4 Å². The summed E-state index contributed by atoms with van der Waals surface area (Å²) in [5.74, 6) is 2.41. The highest BCUT2D eigenvalue weighted by molar-refractivity contribution is 5.74. The van der Waals surface area contributed by atoms with E-state index in [1.807, 2.05) is 18.2 Å². The molecule has 1 saturated heterocycles. The molecule has 4 nitrogen and oxygen atoms in total. The normalized spacial score (nSPS) is 18.4. The molecule has 1 aliphatic heterocycles. The van der Waals surface area contributed by atoms with Crippen molar-refractivity contribution in [3.63, 3.8) is 0 Å². The minimum atomic E-state index is -0.101. The summed E-state index contributed by atoms with van der Waals surface area (Å²) in [5, 5.41) is 2.69. The van der Waals surface area contributed by atoms with E-state index >= 15 is 0 Å². The molecule has 0 aliphatic carbocycles. The zero-order valence-corrected chi connectivity index (χ0v) is 11.5. The molecule has 4 heteroatoms. The Morgan fingerprint density at radius 1 is 1.45 bits per heavy atom. The fourth-order valence-corrected chi connectivity index (χ4v) is 2.29. The number of terminal acetylenes is 1. The molecule has 2 rings (SSSR count). The molecule has 0 radical (unpaired) electrons. The largest absolute Gasteiger partial charge is 0.375 e. The van der Waals surface area contributed by atoms with Gasteiger partial charge in [-0.25, -0.2) is 4.79 Å². The first kappa shape index (κ1) is 14.4. The van der Waals surface area contributed by atoms with Gasteiger partial charge in [0.25, 0.3) is 0 Å². The summed E-state index contributed by atoms with van der Waals surface area (Å²) in [4.78, 5) is 13.6. The van der Waals surface area contributed by atoms with Crippen molar-refractivity contribution in [1.82, 2.24) is 10.2 Å². The molecule has 20 heavy (non-hydrogen) atoms. The van der Waals surface area contributed by atoms with E-state index in [9.17, 15) is 4.79 Å². The van der Waals surface area contributed by atoms with Crippen molar-refractivity contribution in [1.29, 1.82) is 0 Å². The van der Waals surface area contributed by atoms with Crippen molar-refractivity contribution < 1.29 is 9.53 Å². The molecule has 0 aromatic heterocycles. The van der Waals surface area contributed by atoms with Gasteiger partial charge in [-0.3, -0.25) is 0 Å². The van der Waals surface area contributed by atoms with Crippen LogP contribution in [0.1, 0.15) is 12.0 Å². The van der Waals surface area contributed by atoms with Gasteiger partial charge in [0.2, 0.25) is 0 Å². The van der Waals surface area contributed by atoms with Crippen LogP contribution in [0, 0.1) is 12.3 Å². The predicted molar refractivity (Wildman–Crippen MR) is 78.3 cm³/mol. The summed E-state index contributed by atoms with van der Waals surface area (Å²) in [6, 6.07) is 10.2. The van der Waals surface area contributed by atoms with Crippen molar-refractivity contribution in [2.24, 2.45) is 0 Å². The molecule has 1 atom stereocenters. The first-order chi connectivity index (χ1) is 9.79. The van der Waals surface area contributed by atoms with E-state index in [0.29, 0.717) is 19.7 Å². The highest BCUT2D eigenvalue weighted by atomic mass is 16.5. The van der Waals surface area contributed by atoms with Gasteiger partial charge in [0.15, 0.2) is 0 Å². The molecule has 0 saturated carbocycles. The van der Waals surface area contributed by atoms with Gasteiger partial charge in [-0.1, -0.05) is 36.3 Å². The van der Waals surface area contributed by atoms with Crippen LogP contribution in [0.4, 0.5) is 4.79 Å². The van der Waals surface area contributed by atoms with Gasteiger partial charge in [0.1, 0.15) is 0 Å². The molecule has 1 N–H and O–H groups in total. The van der Waals surface area contributed by atoms with Crippen molar-refractivity contribution in [2.75, 3.05) is 26.2 Å². The Hall–Kier alpha value is -1.99. The smallest absolute Gasteiger partial charge is 0.318 e. The summed E-state index contributed by atoms with van der Waals surface area (Å²) in [6.07, 6.45) is 7.12. The van der Waals surface area contributed by atoms with Crippen molar-refractivity contribution >= 4 is 6.03 Å². The number of benzene rings is 1. The maximum Gasteiger partial charge on any atom is 0.318 e. The Morgan fingerprint density at radius 2 is 2.25 bits per heavy atom. The van der Waals surface area contributed by atoms with Crippen LogP contribution in [0.15, 0.2) is 30.3 Å². The number of morpholine rings is 1. The van der Waals surface area contributed by atoms with Gasteiger partial charge in [0, 0.05) is 13.1 Å². The second kappa shape index (κ2) is 7.56. The van der Waals surface area contributed by atoms with E-state index < -0.39 is 0 Å². The summed E-state index contributed by atoms with van der Waals surface area (Å²) in [5.41, 5.74) is 1.30. The second-order valence-electron chi connectivity index (χ2n) is 4.83. The van der Waals surface area contributed by atoms with Crippen molar-refractivity contribution in [3.8, 4) is 12.3 Å². The SMILES string of the molecule is C#CCNC(=O)N1CCO[C@H](CCc2ccccc2)C1. The number of aryl methyl sites for hydroxylation is 1. The average Bonchev–Trinajstić information content (AvgIpc) is 2.52. The molecule has 1 aliphatic rings. The fraction of sp³-hybridized carbons (Fsp3) is 0.438. The van der Waals surface area contributed by atoms with Crippen molar-refractivity contribution in [3.05, 3.63) is 35.9 Å². The lowest BCUT2D eigenvalue weighted by Gasteiger charge is -2.32. The Labute approximate surface area is 120 Å². The predicted octanol–water partition coefficient (Wildman–Crippen LogP) is 1.66. The van der Waals surface area contributed by atoms with Gasteiger partial charge in [-0.15, -0.1) is 6.42 Å². The van der Waals surface area contributed by atoms with Crippen LogP contribution in [-0.2, 0) is 11.2 Å². The van der Waals surface area contributed by atoms with E-state index in [0.717, 1.165) is 12.8 Å². The number of urea groups is 1. The maximum absolute atomic E-state index is 11.8. The van der Waals surface area contributed by atoms with Gasteiger partial charge >= 0.3 is 6.03 Å². The average molecular weight is 272 g/mol. The van der Waals surface area contributed by atoms with Gasteiger partial charge < -0.3 is 15.0 Å². The van der Waals surface area contributed by atoms with Gasteiger partial charge in [-0.2, -0.15) is 0 Å². The first-order valence-electron chi connectivity index (χ1n) is 6.91. The Bertz CT molecular complexity index is 467. The summed E-state index contributed by atoms with van der Waals surface area (Å²) >= 11 is 0. The molecular weight excluding hydrogens is 252 g/mol. The monoisotopic (exact) mass is 272 g/mol. The van der Waals surface area contributed by atoms with Crippen LogP contribution in [0.5, 0.6) is 0 Å². The molecule has 1 aromatic carbocycles. The molecule has 1 aromatic rings. The lowest BCUT2D eigenvalue weighted by atomic mass is 10.1. The molecule has 2 amide bonds. The zero-order chi connectivity index (χ0) is 14.2. The summed E-state index contributed by atoms with van der Waals surface area (Å²) < 4.78 is 5.72. The standard InChI is InChI=1S/C16H20N2O2/c1-2-10-17-16(19)18-11-12-20-15(13-18)9-8-14-6-4-3-5-7-14/h1,3-7,15H,8-13H2,(H,17,19)/t15-/m1/s1. The Morgan fingerprint density at radius 3 is 3.00 bits per heavy atom. The summed E-state index contributed by atoms with van der Waals surface area (Å²) in [7, 11) is 0. The maximum atomic E-state index is 11.8. The number of hydrogen-bond donors (Lipinski definition) is 1. The third-order valence-corrected chi connectivity index (χ3v) is 3.37. The highest BCUT2D eigenvalue weighted by Gasteiger charge is 2.23. The lowest BCUT2D eigenvalue weighted by Crippen LogP contribution is -2.49. The molecule has 1 fully saturated rings. The van der Waals surface area contributed by atoms with Crippen LogP contribution in [0.25, 0.3) is 0 Å². The quantitative estimate of drug-likeness (QED) is 0.847. The van der Waals surface area contributed by atoms with Crippen LogP contribution in [-0.4, -0.2) is 43.3 Å². The fourth-order valence-electron chi connectivity index (χ4n) is 2.29. The molecule has 0 spiro atoms. The van der Waals surface area contributed by atoms with Crippen LogP contribution in [0.3, 0.4) is 0 Å². The van der Waals surface area contributed by atoms with Gasteiger partial charge in [0.05, 0.1) is 19.3 Å². The Kier molecular flexibility index (Phi) is 5.45. The van der Waals surface area contributed by atoms with E-state index in [4.69, 9.17) is 11.2 Å². The van der Waals surface area contributed by atoms with Crippen LogP contribution < -0.4 is 5.32 Å². The van der Waals surface area contributed by atoms with Crippen LogP contribution >= 0.6 is 0 Å². The number of nitrogens with one attached hydrogen (secondary N) is 1.